The highest BCUT2D eigenvalue weighted by Crippen LogP contribution is 2.44. The van der Waals surface area contributed by atoms with Crippen molar-refractivity contribution in [3.05, 3.63) is 53.5 Å². The average molecular weight is 569 g/mol. The van der Waals surface area contributed by atoms with E-state index in [2.05, 4.69) is 15.7 Å². The Morgan fingerprint density at radius 3 is 2.85 bits per heavy atom. The van der Waals surface area contributed by atoms with Gasteiger partial charge in [0.15, 0.2) is 16.4 Å². The van der Waals surface area contributed by atoms with Crippen molar-refractivity contribution >= 4 is 21.6 Å². The first kappa shape index (κ1) is 27.0. The number of nitrogens with zero attached hydrogens (tertiary/aromatic N) is 4. The molecule has 0 saturated carbocycles. The third-order valence-corrected chi connectivity index (χ3v) is 7.40. The highest BCUT2D eigenvalue weighted by molar-refractivity contribution is 7.91. The number of aromatic nitrogens is 4. The summed E-state index contributed by atoms with van der Waals surface area (Å²) >= 11 is 0. The number of anilines is 1. The highest BCUT2D eigenvalue weighted by Gasteiger charge is 2.43. The number of sulfone groups is 1. The number of hydrogen-bond donors (Lipinski definition) is 2. The van der Waals surface area contributed by atoms with Crippen molar-refractivity contribution in [3.63, 3.8) is 0 Å². The van der Waals surface area contributed by atoms with Gasteiger partial charge in [-0.25, -0.2) is 13.1 Å². The molecule has 0 unspecified atom stereocenters. The Labute approximate surface area is 222 Å². The summed E-state index contributed by atoms with van der Waals surface area (Å²) < 4.78 is 75.2. The summed E-state index contributed by atoms with van der Waals surface area (Å²) in [7, 11) is -3.54. The van der Waals surface area contributed by atoms with Gasteiger partial charge in [0, 0.05) is 55.2 Å². The van der Waals surface area contributed by atoms with Gasteiger partial charge in [-0.2, -0.15) is 23.4 Å². The number of aryl methyl sites for hydroxylation is 2. The number of ether oxygens (including phenoxy) is 2. The van der Waals surface area contributed by atoms with Gasteiger partial charge < -0.3 is 20.1 Å². The van der Waals surface area contributed by atoms with Crippen LogP contribution in [0.4, 0.5) is 19.0 Å². The van der Waals surface area contributed by atoms with Crippen molar-refractivity contribution in [1.29, 1.82) is 0 Å². The second kappa shape index (κ2) is 10.2. The number of amides is 1. The molecule has 15 heteroatoms. The first-order chi connectivity index (χ1) is 18.4. The molecule has 0 bridgehead atoms. The normalized spacial score (nSPS) is 18.8. The lowest BCUT2D eigenvalue weighted by molar-refractivity contribution is -0.153. The molecule has 0 radical (unpaired) electrons. The van der Waals surface area contributed by atoms with E-state index in [0.29, 0.717) is 56.3 Å². The minimum Gasteiger partial charge on any atom is -0.493 e. The molecule has 39 heavy (non-hydrogen) atoms. The molecule has 3 aromatic rings. The zero-order valence-corrected chi connectivity index (χ0v) is 21.8. The van der Waals surface area contributed by atoms with Gasteiger partial charge in [0.25, 0.3) is 0 Å². The molecule has 1 atom stereocenters. The van der Waals surface area contributed by atoms with E-state index in [4.69, 9.17) is 14.6 Å². The Morgan fingerprint density at radius 2 is 2.13 bits per heavy atom. The van der Waals surface area contributed by atoms with Gasteiger partial charge in [-0.3, -0.25) is 9.48 Å². The van der Waals surface area contributed by atoms with Crippen LogP contribution in [0.15, 0.2) is 36.7 Å². The Hall–Kier alpha value is -3.59. The summed E-state index contributed by atoms with van der Waals surface area (Å²) in [5, 5.41) is 15.2. The number of rotatable bonds is 8. The van der Waals surface area contributed by atoms with E-state index in [1.807, 2.05) is 0 Å². The molecule has 2 aromatic heterocycles. The maximum absolute atomic E-state index is 12.6. The molecule has 0 saturated heterocycles. The molecule has 1 amide bonds. The Morgan fingerprint density at radius 1 is 1.31 bits per heavy atom. The van der Waals surface area contributed by atoms with Crippen LogP contribution in [-0.2, 0) is 46.2 Å². The van der Waals surface area contributed by atoms with Crippen molar-refractivity contribution in [2.45, 2.75) is 44.2 Å². The summed E-state index contributed by atoms with van der Waals surface area (Å²) in [6.07, 6.45) is 0.990. The minimum absolute atomic E-state index is 0.0541. The van der Waals surface area contributed by atoms with Crippen LogP contribution < -0.4 is 20.1 Å². The SMILES string of the molecule is CS(=O)(=O)CC(=O)Nc1c2c(nn1CCn1cccn1)C[C@]1(CCOc3cc(OCC(F)(F)F)ccc31)NC2. The first-order valence-corrected chi connectivity index (χ1v) is 14.2. The van der Waals surface area contributed by atoms with Gasteiger partial charge in [0.1, 0.15) is 23.1 Å². The zero-order chi connectivity index (χ0) is 27.8. The van der Waals surface area contributed by atoms with Crippen LogP contribution in [0.3, 0.4) is 0 Å². The van der Waals surface area contributed by atoms with E-state index < -0.39 is 39.8 Å². The third kappa shape index (κ3) is 6.19. The second-order valence-electron chi connectivity index (χ2n) is 9.66. The smallest absolute Gasteiger partial charge is 0.422 e. The van der Waals surface area contributed by atoms with Crippen molar-refractivity contribution in [2.75, 3.05) is 30.5 Å². The molecule has 11 nitrogen and oxygen atoms in total. The summed E-state index contributed by atoms with van der Waals surface area (Å²) in [4.78, 5) is 12.5. The summed E-state index contributed by atoms with van der Waals surface area (Å²) in [5.74, 6) is -0.428. The number of carbonyl (C=O) groups excluding carboxylic acids is 1. The molecule has 2 N–H and O–H groups in total. The lowest BCUT2D eigenvalue weighted by atomic mass is 9.78. The molecule has 2 aliphatic heterocycles. The molecule has 1 spiro atoms. The molecule has 0 aliphatic carbocycles. The molecule has 5 rings (SSSR count). The van der Waals surface area contributed by atoms with Crippen molar-refractivity contribution < 1.29 is 35.9 Å². The summed E-state index contributed by atoms with van der Waals surface area (Å²) in [5.41, 5.74) is 1.63. The number of alkyl halides is 3. The maximum atomic E-state index is 12.6. The second-order valence-corrected chi connectivity index (χ2v) is 11.8. The molecule has 0 fully saturated rings. The van der Waals surface area contributed by atoms with E-state index in [-0.39, 0.29) is 5.75 Å². The van der Waals surface area contributed by atoms with Crippen molar-refractivity contribution in [3.8, 4) is 11.5 Å². The number of hydrogen-bond acceptors (Lipinski definition) is 8. The van der Waals surface area contributed by atoms with E-state index in [9.17, 15) is 26.4 Å². The molecular formula is C24H27F3N6O5S. The van der Waals surface area contributed by atoms with E-state index >= 15 is 0 Å². The van der Waals surface area contributed by atoms with Gasteiger partial charge >= 0.3 is 6.18 Å². The van der Waals surface area contributed by atoms with Crippen LogP contribution in [0.2, 0.25) is 0 Å². The fraction of sp³-hybridized carbons (Fsp3) is 0.458. The Balaban J connectivity index is 1.43. The number of nitrogens with one attached hydrogen (secondary N) is 2. The highest BCUT2D eigenvalue weighted by atomic mass is 32.2. The van der Waals surface area contributed by atoms with Crippen molar-refractivity contribution in [1.82, 2.24) is 24.9 Å². The van der Waals surface area contributed by atoms with Gasteiger partial charge in [-0.1, -0.05) is 0 Å². The van der Waals surface area contributed by atoms with E-state index in [1.54, 1.807) is 33.9 Å². The van der Waals surface area contributed by atoms with Crippen LogP contribution in [0.1, 0.15) is 23.2 Å². The van der Waals surface area contributed by atoms with Gasteiger partial charge in [0.05, 0.1) is 30.9 Å². The third-order valence-electron chi connectivity index (χ3n) is 6.62. The first-order valence-electron chi connectivity index (χ1n) is 12.2. The minimum atomic E-state index is -4.45. The van der Waals surface area contributed by atoms with E-state index in [0.717, 1.165) is 17.4 Å². The van der Waals surface area contributed by atoms with Gasteiger partial charge in [-0.15, -0.1) is 0 Å². The monoisotopic (exact) mass is 568 g/mol. The van der Waals surface area contributed by atoms with Crippen LogP contribution in [0.5, 0.6) is 11.5 Å². The number of halogens is 3. The summed E-state index contributed by atoms with van der Waals surface area (Å²) in [6.45, 7) is 0.0872. The van der Waals surface area contributed by atoms with Crippen LogP contribution >= 0.6 is 0 Å². The Kier molecular flexibility index (Phi) is 7.05. The van der Waals surface area contributed by atoms with Crippen LogP contribution in [0.25, 0.3) is 0 Å². The van der Waals surface area contributed by atoms with Gasteiger partial charge in [0.2, 0.25) is 5.91 Å². The number of benzene rings is 1. The molecule has 210 valence electrons. The lowest BCUT2D eigenvalue weighted by Crippen LogP contribution is -2.50. The van der Waals surface area contributed by atoms with Crippen LogP contribution in [0, 0.1) is 0 Å². The largest absolute Gasteiger partial charge is 0.493 e. The zero-order valence-electron chi connectivity index (χ0n) is 21.0. The maximum Gasteiger partial charge on any atom is 0.422 e. The molecular weight excluding hydrogens is 541 g/mol. The fourth-order valence-corrected chi connectivity index (χ4v) is 5.48. The van der Waals surface area contributed by atoms with Gasteiger partial charge in [-0.05, 0) is 18.2 Å². The predicted octanol–water partition coefficient (Wildman–Crippen LogP) is 2.03. The van der Waals surface area contributed by atoms with Crippen LogP contribution in [-0.4, -0.2) is 65.3 Å². The number of fused-ring (bicyclic) bond motifs is 3. The quantitative estimate of drug-likeness (QED) is 0.423. The topological polar surface area (TPSA) is 129 Å². The lowest BCUT2D eigenvalue weighted by Gasteiger charge is -2.42. The van der Waals surface area contributed by atoms with Crippen molar-refractivity contribution in [2.24, 2.45) is 0 Å². The van der Waals surface area contributed by atoms with E-state index in [1.165, 1.54) is 12.1 Å². The molecule has 2 aliphatic rings. The predicted molar refractivity (Wildman–Crippen MR) is 133 cm³/mol. The standard InChI is InChI=1S/C24H27F3N6O5S/c1-39(35,36)14-21(34)30-22-17-13-28-23(12-19(17)31-33(22)9-8-32-7-2-6-29-32)5-10-37-20-11-16(3-4-18(20)23)38-15-24(25,26)27/h2-4,6-7,11,28H,5,8-10,12-15H2,1H3,(H,30,34)/t23-/m0/s1. The Bertz CT molecular complexity index is 1470. The molecule has 1 aromatic carbocycles. The average Bonchev–Trinajstić information content (AvgIpc) is 3.48. The number of carbonyl (C=O) groups is 1. The fourth-order valence-electron chi connectivity index (χ4n) is 4.93. The summed E-state index contributed by atoms with van der Waals surface area (Å²) in [6, 6.07) is 6.43. The molecule has 4 heterocycles.